The number of nitro groups is 1. The third kappa shape index (κ3) is 3.00. The minimum Gasteiger partial charge on any atom is -0.432 e. The molecule has 1 aromatic heterocycles. The molecule has 0 saturated heterocycles. The molecule has 0 spiro atoms. The predicted octanol–water partition coefficient (Wildman–Crippen LogP) is 0.806. The highest BCUT2D eigenvalue weighted by Crippen LogP contribution is 2.56. The molecule has 12 heteroatoms. The minimum absolute atomic E-state index is 0.119. The standard InChI is InChI=1S/C18H15N4O7P/c1-20-16(23)19-17(24)21(18(20)25)9-10-30(28)14-8-3-2-5-11(14)12-6-4-7-13(22(26)27)15(12)29-30/h2-8H,9-10H2,1H3,(H,19,23,24). The molecular weight excluding hydrogens is 415 g/mol. The number of benzene rings is 2. The van der Waals surface area contributed by atoms with Gasteiger partial charge in [0.2, 0.25) is 5.75 Å². The van der Waals surface area contributed by atoms with Crippen molar-refractivity contribution in [2.24, 2.45) is 7.05 Å². The summed E-state index contributed by atoms with van der Waals surface area (Å²) in [4.78, 5) is 48.7. The number of hydrogen-bond acceptors (Lipinski definition) is 7. The summed E-state index contributed by atoms with van der Waals surface area (Å²) in [7, 11) is -2.54. The molecule has 0 bridgehead atoms. The maximum absolute atomic E-state index is 13.8. The van der Waals surface area contributed by atoms with Crippen molar-refractivity contribution in [3.63, 3.8) is 0 Å². The van der Waals surface area contributed by atoms with Gasteiger partial charge in [-0.05, 0) is 11.6 Å². The number of rotatable bonds is 4. The molecule has 2 aromatic carbocycles. The monoisotopic (exact) mass is 430 g/mol. The van der Waals surface area contributed by atoms with E-state index in [2.05, 4.69) is 0 Å². The zero-order valence-electron chi connectivity index (χ0n) is 15.6. The third-order valence-corrected chi connectivity index (χ3v) is 7.28. The van der Waals surface area contributed by atoms with E-state index in [1.807, 2.05) is 4.98 Å². The summed E-state index contributed by atoms with van der Waals surface area (Å²) < 4.78 is 21.0. The molecule has 1 atom stereocenters. The van der Waals surface area contributed by atoms with E-state index in [1.54, 1.807) is 30.3 Å². The Bertz CT molecular complexity index is 1420. The van der Waals surface area contributed by atoms with E-state index in [1.165, 1.54) is 19.2 Å². The molecule has 3 aromatic rings. The Balaban J connectivity index is 1.82. The van der Waals surface area contributed by atoms with E-state index in [4.69, 9.17) is 4.52 Å². The first-order valence-corrected chi connectivity index (χ1v) is 10.6. The number of H-pyrrole nitrogens is 1. The molecule has 4 rings (SSSR count). The molecule has 11 nitrogen and oxygen atoms in total. The van der Waals surface area contributed by atoms with Gasteiger partial charge in [0, 0.05) is 25.2 Å². The highest BCUT2D eigenvalue weighted by molar-refractivity contribution is 7.67. The van der Waals surface area contributed by atoms with Gasteiger partial charge in [0.25, 0.3) is 7.37 Å². The quantitative estimate of drug-likeness (QED) is 0.366. The number of aromatic nitrogens is 3. The summed E-state index contributed by atoms with van der Waals surface area (Å²) in [6, 6.07) is 11.0. The third-order valence-electron chi connectivity index (χ3n) is 4.89. The van der Waals surface area contributed by atoms with Crippen LogP contribution in [0, 0.1) is 10.1 Å². The van der Waals surface area contributed by atoms with Gasteiger partial charge in [0.1, 0.15) is 0 Å². The number of hydrogen-bond donors (Lipinski definition) is 1. The van der Waals surface area contributed by atoms with E-state index in [9.17, 15) is 29.1 Å². The summed E-state index contributed by atoms with van der Waals surface area (Å²) in [6.45, 7) is -0.316. The van der Waals surface area contributed by atoms with E-state index < -0.39 is 29.4 Å². The van der Waals surface area contributed by atoms with Crippen molar-refractivity contribution in [2.45, 2.75) is 6.54 Å². The second-order valence-electron chi connectivity index (χ2n) is 6.64. The van der Waals surface area contributed by atoms with Crippen LogP contribution in [0.3, 0.4) is 0 Å². The van der Waals surface area contributed by atoms with Crippen molar-refractivity contribution in [1.29, 1.82) is 0 Å². The molecular formula is C18H15N4O7P. The summed E-state index contributed by atoms with van der Waals surface area (Å²) in [5.41, 5.74) is -2.05. The average Bonchev–Trinajstić information content (AvgIpc) is 2.72. The molecule has 1 aliphatic rings. The summed E-state index contributed by atoms with van der Waals surface area (Å²) in [5, 5.41) is 11.8. The first kappa shape index (κ1) is 19.6. The second-order valence-corrected chi connectivity index (χ2v) is 9.10. The SMILES string of the molecule is Cn1c(=O)[nH]c(=O)n(CCP2(=O)Oc3c(cccc3[N+](=O)[O-])-c3ccccc32)c1=O. The summed E-state index contributed by atoms with van der Waals surface area (Å²) in [5.74, 6) is -0.119. The molecule has 154 valence electrons. The number of aromatic amines is 1. The fourth-order valence-electron chi connectivity index (χ4n) is 3.36. The molecule has 1 unspecified atom stereocenters. The van der Waals surface area contributed by atoms with Gasteiger partial charge in [-0.25, -0.2) is 23.5 Å². The van der Waals surface area contributed by atoms with Gasteiger partial charge in [-0.1, -0.05) is 30.3 Å². The Kier molecular flexibility index (Phi) is 4.54. The number of nitrogens with one attached hydrogen (secondary N) is 1. The van der Waals surface area contributed by atoms with Crippen LogP contribution >= 0.6 is 7.37 Å². The van der Waals surface area contributed by atoms with Crippen LogP contribution in [0.5, 0.6) is 5.75 Å². The molecule has 0 amide bonds. The van der Waals surface area contributed by atoms with Crippen LogP contribution in [0.4, 0.5) is 5.69 Å². The van der Waals surface area contributed by atoms with Crippen LogP contribution in [0.1, 0.15) is 0 Å². The molecule has 0 saturated carbocycles. The van der Waals surface area contributed by atoms with Crippen molar-refractivity contribution in [3.05, 3.63) is 84.0 Å². The highest BCUT2D eigenvalue weighted by atomic mass is 31.2. The fraction of sp³-hybridized carbons (Fsp3) is 0.167. The van der Waals surface area contributed by atoms with Gasteiger partial charge < -0.3 is 4.52 Å². The van der Waals surface area contributed by atoms with Crippen LogP contribution in [-0.2, 0) is 18.2 Å². The smallest absolute Gasteiger partial charge is 0.336 e. The zero-order chi connectivity index (χ0) is 21.6. The average molecular weight is 430 g/mol. The van der Waals surface area contributed by atoms with E-state index in [0.29, 0.717) is 21.0 Å². The lowest BCUT2D eigenvalue weighted by Gasteiger charge is -2.28. The molecule has 1 N–H and O–H groups in total. The normalized spacial score (nSPS) is 17.0. The Hall–Kier alpha value is -3.72. The van der Waals surface area contributed by atoms with E-state index in [-0.39, 0.29) is 24.1 Å². The molecule has 30 heavy (non-hydrogen) atoms. The Morgan fingerprint density at radius 3 is 2.50 bits per heavy atom. The van der Waals surface area contributed by atoms with E-state index in [0.717, 1.165) is 4.57 Å². The van der Waals surface area contributed by atoms with Crippen LogP contribution in [0.15, 0.2) is 56.8 Å². The van der Waals surface area contributed by atoms with Gasteiger partial charge in [-0.15, -0.1) is 0 Å². The van der Waals surface area contributed by atoms with Crippen molar-refractivity contribution in [3.8, 4) is 16.9 Å². The van der Waals surface area contributed by atoms with Crippen LogP contribution in [0.25, 0.3) is 11.1 Å². The number of nitro benzene ring substituents is 1. The van der Waals surface area contributed by atoms with Crippen LogP contribution in [-0.4, -0.2) is 25.2 Å². The van der Waals surface area contributed by atoms with Crippen molar-refractivity contribution in [2.75, 3.05) is 6.16 Å². The van der Waals surface area contributed by atoms with Crippen molar-refractivity contribution in [1.82, 2.24) is 14.1 Å². The highest BCUT2D eigenvalue weighted by Gasteiger charge is 2.39. The number of para-hydroxylation sites is 1. The van der Waals surface area contributed by atoms with Gasteiger partial charge in [0.05, 0.1) is 16.4 Å². The van der Waals surface area contributed by atoms with Gasteiger partial charge in [-0.2, -0.15) is 0 Å². The second kappa shape index (κ2) is 6.96. The lowest BCUT2D eigenvalue weighted by molar-refractivity contribution is -0.385. The van der Waals surface area contributed by atoms with Gasteiger partial charge in [-0.3, -0.25) is 19.7 Å². The topological polar surface area (TPSA) is 146 Å². The van der Waals surface area contributed by atoms with Gasteiger partial charge >= 0.3 is 22.8 Å². The first-order chi connectivity index (χ1) is 14.2. The fourth-order valence-corrected chi connectivity index (χ4v) is 5.62. The number of nitrogens with zero attached hydrogens (tertiary/aromatic N) is 3. The Morgan fingerprint density at radius 2 is 1.77 bits per heavy atom. The van der Waals surface area contributed by atoms with Crippen molar-refractivity contribution >= 4 is 18.4 Å². The molecule has 0 fully saturated rings. The number of fused-ring (bicyclic) bond motifs is 3. The zero-order valence-corrected chi connectivity index (χ0v) is 16.5. The maximum atomic E-state index is 13.8. The lowest BCUT2D eigenvalue weighted by Crippen LogP contribution is -2.48. The molecule has 0 aliphatic carbocycles. The van der Waals surface area contributed by atoms with Crippen LogP contribution in [0.2, 0.25) is 0 Å². The van der Waals surface area contributed by atoms with Gasteiger partial charge in [0.15, 0.2) is 0 Å². The Labute approximate surface area is 167 Å². The van der Waals surface area contributed by atoms with E-state index >= 15 is 0 Å². The predicted molar refractivity (Wildman–Crippen MR) is 108 cm³/mol. The van der Waals surface area contributed by atoms with Crippen molar-refractivity contribution < 1.29 is 14.0 Å². The Morgan fingerprint density at radius 1 is 1.07 bits per heavy atom. The largest absolute Gasteiger partial charge is 0.432 e. The lowest BCUT2D eigenvalue weighted by atomic mass is 10.0. The molecule has 0 radical (unpaired) electrons. The molecule has 1 aliphatic heterocycles. The maximum Gasteiger partial charge on any atom is 0.336 e. The first-order valence-electron chi connectivity index (χ1n) is 8.79. The molecule has 2 heterocycles. The minimum atomic E-state index is -3.74. The summed E-state index contributed by atoms with van der Waals surface area (Å²) >= 11 is 0. The van der Waals surface area contributed by atoms with Crippen LogP contribution < -0.4 is 26.9 Å². The summed E-state index contributed by atoms with van der Waals surface area (Å²) in [6.07, 6.45) is -0.281.